The smallest absolute Gasteiger partial charge is 0.387 e. The Hall–Kier alpha value is -3.04. The molecule has 27 heavy (non-hydrogen) atoms. The maximum Gasteiger partial charge on any atom is 0.387 e. The van der Waals surface area contributed by atoms with Gasteiger partial charge in [-0.3, -0.25) is 9.59 Å². The van der Waals surface area contributed by atoms with Crippen molar-refractivity contribution >= 4 is 11.9 Å². The first kappa shape index (κ1) is 20.3. The lowest BCUT2D eigenvalue weighted by molar-refractivity contribution is -0.147. The minimum absolute atomic E-state index is 0.00512. The van der Waals surface area contributed by atoms with Crippen LogP contribution in [0.4, 0.5) is 8.78 Å². The van der Waals surface area contributed by atoms with Gasteiger partial charge in [-0.2, -0.15) is 8.78 Å². The number of halogens is 2. The highest BCUT2D eigenvalue weighted by molar-refractivity contribution is 5.93. The molecule has 1 amide bonds. The quantitative estimate of drug-likeness (QED) is 0.726. The highest BCUT2D eigenvalue weighted by Crippen LogP contribution is 2.20. The number of amides is 1. The molecule has 0 aliphatic heterocycles. The fourth-order valence-corrected chi connectivity index (χ4v) is 2.23. The van der Waals surface area contributed by atoms with Gasteiger partial charge in [0.25, 0.3) is 5.91 Å². The van der Waals surface area contributed by atoms with Gasteiger partial charge >= 0.3 is 12.6 Å². The Morgan fingerprint density at radius 3 is 2.48 bits per heavy atom. The lowest BCUT2D eigenvalue weighted by Crippen LogP contribution is -2.32. The lowest BCUT2D eigenvalue weighted by atomic mass is 9.90. The number of ether oxygens (including phenoxy) is 1. The van der Waals surface area contributed by atoms with E-state index in [1.54, 1.807) is 20.8 Å². The summed E-state index contributed by atoms with van der Waals surface area (Å²) in [6.45, 7) is 2.05. The Labute approximate surface area is 154 Å². The van der Waals surface area contributed by atoms with Crippen LogP contribution in [0.15, 0.2) is 24.3 Å². The summed E-state index contributed by atoms with van der Waals surface area (Å²) < 4.78 is 30.1. The number of rotatable bonds is 8. The van der Waals surface area contributed by atoms with Crippen LogP contribution in [0.1, 0.15) is 36.5 Å². The van der Waals surface area contributed by atoms with Gasteiger partial charge in [0.2, 0.25) is 0 Å². The van der Waals surface area contributed by atoms with Gasteiger partial charge in [0.1, 0.15) is 5.75 Å². The summed E-state index contributed by atoms with van der Waals surface area (Å²) in [6.07, 6.45) is 0.257. The molecule has 0 saturated carbocycles. The molecular weight excluding hydrogens is 362 g/mol. The summed E-state index contributed by atoms with van der Waals surface area (Å²) in [5.74, 6) is -1.42. The van der Waals surface area contributed by atoms with Crippen LogP contribution in [0.5, 0.6) is 5.75 Å². The molecule has 1 aromatic carbocycles. The van der Waals surface area contributed by atoms with Crippen LogP contribution < -0.4 is 10.1 Å². The van der Waals surface area contributed by atoms with Crippen LogP contribution in [0.3, 0.4) is 0 Å². The van der Waals surface area contributed by atoms with E-state index in [4.69, 9.17) is 5.11 Å². The van der Waals surface area contributed by atoms with Crippen LogP contribution >= 0.6 is 0 Å². The predicted molar refractivity (Wildman–Crippen MR) is 91.1 cm³/mol. The number of alkyl halides is 2. The van der Waals surface area contributed by atoms with E-state index in [9.17, 15) is 18.4 Å². The van der Waals surface area contributed by atoms with E-state index in [0.29, 0.717) is 11.4 Å². The third-order valence-electron chi connectivity index (χ3n) is 4.03. The number of aliphatic carboxylic acids is 1. The van der Waals surface area contributed by atoms with Gasteiger partial charge in [-0.25, -0.2) is 4.68 Å². The Kier molecular flexibility index (Phi) is 6.09. The van der Waals surface area contributed by atoms with Crippen molar-refractivity contribution < 1.29 is 28.2 Å². The molecule has 0 atom stereocenters. The van der Waals surface area contributed by atoms with Crippen LogP contribution in [0.25, 0.3) is 5.69 Å². The van der Waals surface area contributed by atoms with Gasteiger partial charge in [0.15, 0.2) is 5.69 Å². The minimum atomic E-state index is -2.91. The van der Waals surface area contributed by atoms with E-state index in [1.807, 2.05) is 0 Å². The molecule has 10 heteroatoms. The summed E-state index contributed by atoms with van der Waals surface area (Å²) in [4.78, 5) is 23.3. The first-order chi connectivity index (χ1) is 12.6. The zero-order valence-corrected chi connectivity index (χ0v) is 15.1. The molecule has 1 aromatic heterocycles. The number of carboxylic acids is 1. The number of carbonyl (C=O) groups excluding carboxylic acids is 1. The molecule has 0 radical (unpaired) electrons. The number of hydrogen-bond donors (Lipinski definition) is 2. The molecule has 0 aliphatic carbocycles. The SMILES string of the molecule is Cc1c(C(=O)NCCC(C)(C)C(=O)O)nnn1-c1ccc(OC(F)F)cc1. The van der Waals surface area contributed by atoms with Crippen molar-refractivity contribution in [3.05, 3.63) is 35.7 Å². The molecule has 2 rings (SSSR count). The Morgan fingerprint density at radius 2 is 1.93 bits per heavy atom. The van der Waals surface area contributed by atoms with E-state index >= 15 is 0 Å². The van der Waals surface area contributed by atoms with Gasteiger partial charge in [0.05, 0.1) is 16.8 Å². The van der Waals surface area contributed by atoms with Crippen molar-refractivity contribution in [1.29, 1.82) is 0 Å². The molecule has 0 aliphatic rings. The third kappa shape index (κ3) is 4.99. The fraction of sp³-hybridized carbons (Fsp3) is 0.412. The summed E-state index contributed by atoms with van der Waals surface area (Å²) in [7, 11) is 0. The van der Waals surface area contributed by atoms with Crippen molar-refractivity contribution in [3.63, 3.8) is 0 Å². The molecule has 2 aromatic rings. The Balaban J connectivity index is 2.06. The van der Waals surface area contributed by atoms with E-state index in [1.165, 1.54) is 28.9 Å². The predicted octanol–water partition coefficient (Wildman–Crippen LogP) is 2.41. The van der Waals surface area contributed by atoms with E-state index in [0.717, 1.165) is 0 Å². The lowest BCUT2D eigenvalue weighted by Gasteiger charge is -2.18. The number of aromatic nitrogens is 3. The molecule has 0 fully saturated rings. The number of nitrogens with one attached hydrogen (secondary N) is 1. The number of nitrogens with zero attached hydrogens (tertiary/aromatic N) is 3. The van der Waals surface area contributed by atoms with Crippen molar-refractivity contribution in [2.24, 2.45) is 5.41 Å². The fourth-order valence-electron chi connectivity index (χ4n) is 2.23. The number of carbonyl (C=O) groups is 2. The zero-order chi connectivity index (χ0) is 20.2. The summed E-state index contributed by atoms with van der Waals surface area (Å²) in [6, 6.07) is 5.74. The minimum Gasteiger partial charge on any atom is -0.481 e. The monoisotopic (exact) mass is 382 g/mol. The molecule has 8 nitrogen and oxygen atoms in total. The van der Waals surface area contributed by atoms with Crippen LogP contribution in [0.2, 0.25) is 0 Å². The molecule has 0 bridgehead atoms. The standard InChI is InChI=1S/C17H20F2N4O4/c1-10-13(14(24)20-9-8-17(2,3)15(25)26)21-22-23(10)11-4-6-12(7-5-11)27-16(18)19/h4-7,16H,8-9H2,1-3H3,(H,20,24)(H,25,26). The average molecular weight is 382 g/mol. The largest absolute Gasteiger partial charge is 0.481 e. The molecule has 2 N–H and O–H groups in total. The van der Waals surface area contributed by atoms with E-state index < -0.39 is 23.9 Å². The zero-order valence-electron chi connectivity index (χ0n) is 15.1. The second-order valence-corrected chi connectivity index (χ2v) is 6.50. The van der Waals surface area contributed by atoms with Gasteiger partial charge in [0, 0.05) is 6.54 Å². The third-order valence-corrected chi connectivity index (χ3v) is 4.03. The summed E-state index contributed by atoms with van der Waals surface area (Å²) in [5.41, 5.74) is 0.110. The Morgan fingerprint density at radius 1 is 1.30 bits per heavy atom. The van der Waals surface area contributed by atoms with E-state index in [2.05, 4.69) is 20.4 Å². The summed E-state index contributed by atoms with van der Waals surface area (Å²) in [5, 5.41) is 19.5. The normalized spacial score (nSPS) is 11.5. The van der Waals surface area contributed by atoms with Gasteiger partial charge in [-0.1, -0.05) is 5.21 Å². The number of benzene rings is 1. The maximum absolute atomic E-state index is 12.3. The van der Waals surface area contributed by atoms with Crippen molar-refractivity contribution in [2.45, 2.75) is 33.8 Å². The molecule has 0 saturated heterocycles. The van der Waals surface area contributed by atoms with Crippen LogP contribution in [-0.4, -0.2) is 45.1 Å². The van der Waals surface area contributed by atoms with Gasteiger partial charge in [-0.15, -0.1) is 5.10 Å². The van der Waals surface area contributed by atoms with Gasteiger partial charge < -0.3 is 15.2 Å². The topological polar surface area (TPSA) is 106 Å². The van der Waals surface area contributed by atoms with Crippen molar-refractivity contribution in [1.82, 2.24) is 20.3 Å². The summed E-state index contributed by atoms with van der Waals surface area (Å²) >= 11 is 0. The maximum atomic E-state index is 12.3. The van der Waals surface area contributed by atoms with Crippen molar-refractivity contribution in [2.75, 3.05) is 6.54 Å². The molecule has 0 spiro atoms. The first-order valence-electron chi connectivity index (χ1n) is 8.11. The Bertz CT molecular complexity index is 819. The van der Waals surface area contributed by atoms with E-state index in [-0.39, 0.29) is 24.4 Å². The van der Waals surface area contributed by atoms with Gasteiger partial charge in [-0.05, 0) is 51.5 Å². The second kappa shape index (κ2) is 8.11. The average Bonchev–Trinajstić information content (AvgIpc) is 2.96. The second-order valence-electron chi connectivity index (χ2n) is 6.50. The van der Waals surface area contributed by atoms with Crippen LogP contribution in [0, 0.1) is 12.3 Å². The number of hydrogen-bond acceptors (Lipinski definition) is 5. The molecule has 1 heterocycles. The number of carboxylic acid groups (broad SMARTS) is 1. The molecule has 146 valence electrons. The highest BCUT2D eigenvalue weighted by atomic mass is 19.3. The highest BCUT2D eigenvalue weighted by Gasteiger charge is 2.27. The molecule has 0 unspecified atom stereocenters. The van der Waals surface area contributed by atoms with Crippen molar-refractivity contribution in [3.8, 4) is 11.4 Å². The molecular formula is C17H20F2N4O4. The van der Waals surface area contributed by atoms with Crippen LogP contribution in [-0.2, 0) is 4.79 Å². The first-order valence-corrected chi connectivity index (χ1v) is 8.11.